The number of nitrogens with zero attached hydrogens (tertiary/aromatic N) is 2. The fraction of sp³-hybridized carbons (Fsp3) is 0.250. The van der Waals surface area contributed by atoms with Crippen LogP contribution < -0.4 is 4.90 Å². The number of carbonyl (C=O) groups is 1. The Morgan fingerprint density at radius 2 is 2.11 bits per heavy atom. The molecule has 2 aromatic rings. The minimum atomic E-state index is 0.0673. The fourth-order valence-electron chi connectivity index (χ4n) is 2.58. The third-order valence-corrected chi connectivity index (χ3v) is 3.50. The molecule has 0 saturated carbocycles. The van der Waals surface area contributed by atoms with E-state index < -0.39 is 0 Å². The largest absolute Gasteiger partial charge is 0.308 e. The lowest BCUT2D eigenvalue weighted by atomic mass is 10.0. The second-order valence-corrected chi connectivity index (χ2v) is 4.87. The minimum absolute atomic E-state index is 0.0673. The predicted molar refractivity (Wildman–Crippen MR) is 75.4 cm³/mol. The molecule has 19 heavy (non-hydrogen) atoms. The summed E-state index contributed by atoms with van der Waals surface area (Å²) in [4.78, 5) is 18.6. The van der Waals surface area contributed by atoms with Gasteiger partial charge in [-0.3, -0.25) is 9.78 Å². The second kappa shape index (κ2) is 4.84. The molecule has 3 nitrogen and oxygen atoms in total. The molecule has 96 valence electrons. The maximum atomic E-state index is 12.6. The molecule has 1 aromatic carbocycles. The third kappa shape index (κ3) is 2.24. The first-order valence-corrected chi connectivity index (χ1v) is 6.58. The van der Waals surface area contributed by atoms with Gasteiger partial charge in [0.1, 0.15) is 0 Å². The van der Waals surface area contributed by atoms with E-state index in [-0.39, 0.29) is 5.91 Å². The topological polar surface area (TPSA) is 33.2 Å². The molecule has 0 fully saturated rings. The number of aryl methyl sites for hydroxylation is 2. The summed E-state index contributed by atoms with van der Waals surface area (Å²) in [5, 5.41) is 0. The summed E-state index contributed by atoms with van der Waals surface area (Å²) in [6.45, 7) is 2.69. The van der Waals surface area contributed by atoms with Gasteiger partial charge in [0.05, 0.1) is 0 Å². The van der Waals surface area contributed by atoms with Gasteiger partial charge in [-0.2, -0.15) is 0 Å². The van der Waals surface area contributed by atoms with Crippen molar-refractivity contribution in [3.63, 3.8) is 0 Å². The van der Waals surface area contributed by atoms with Crippen LogP contribution in [-0.2, 0) is 6.42 Å². The van der Waals surface area contributed by atoms with E-state index >= 15 is 0 Å². The summed E-state index contributed by atoms with van der Waals surface area (Å²) in [7, 11) is 0. The zero-order valence-electron chi connectivity index (χ0n) is 11.0. The van der Waals surface area contributed by atoms with Crippen LogP contribution in [0.2, 0.25) is 0 Å². The molecular formula is C16H16N2O. The lowest BCUT2D eigenvalue weighted by Crippen LogP contribution is -2.35. The number of carbonyl (C=O) groups excluding carboxylic acids is 1. The van der Waals surface area contributed by atoms with Crippen molar-refractivity contribution in [2.45, 2.75) is 19.8 Å². The quantitative estimate of drug-likeness (QED) is 0.781. The van der Waals surface area contributed by atoms with Crippen LogP contribution in [0.3, 0.4) is 0 Å². The van der Waals surface area contributed by atoms with Crippen LogP contribution in [0.1, 0.15) is 28.0 Å². The zero-order valence-corrected chi connectivity index (χ0v) is 11.0. The highest BCUT2D eigenvalue weighted by molar-refractivity contribution is 6.06. The Morgan fingerprint density at radius 3 is 2.95 bits per heavy atom. The summed E-state index contributed by atoms with van der Waals surface area (Å²) in [5.74, 6) is 0.0673. The summed E-state index contributed by atoms with van der Waals surface area (Å²) >= 11 is 0. The van der Waals surface area contributed by atoms with Gasteiger partial charge in [-0.25, -0.2) is 0 Å². The first kappa shape index (κ1) is 11.9. The molecule has 1 aromatic heterocycles. The van der Waals surface area contributed by atoms with E-state index in [9.17, 15) is 4.79 Å². The Morgan fingerprint density at radius 1 is 1.26 bits per heavy atom. The Hall–Kier alpha value is -2.16. The van der Waals surface area contributed by atoms with Gasteiger partial charge in [-0.05, 0) is 43.5 Å². The Kier molecular flexibility index (Phi) is 3.03. The van der Waals surface area contributed by atoms with Crippen LogP contribution in [0.25, 0.3) is 0 Å². The standard InChI is InChI=1S/C16H16N2O/c1-12-11-14(8-9-17-12)16(19)18-10-4-6-13-5-2-3-7-15(13)18/h2-3,5,7-9,11H,4,6,10H2,1H3. The number of anilines is 1. The number of rotatable bonds is 1. The molecule has 3 heteroatoms. The molecule has 0 bridgehead atoms. The molecule has 0 unspecified atom stereocenters. The normalized spacial score (nSPS) is 14.1. The van der Waals surface area contributed by atoms with Gasteiger partial charge in [0.2, 0.25) is 0 Å². The Balaban J connectivity index is 1.98. The lowest BCUT2D eigenvalue weighted by molar-refractivity contribution is 0.0985. The van der Waals surface area contributed by atoms with Crippen molar-refractivity contribution in [3.8, 4) is 0 Å². The van der Waals surface area contributed by atoms with Gasteiger partial charge in [-0.15, -0.1) is 0 Å². The molecule has 0 radical (unpaired) electrons. The van der Waals surface area contributed by atoms with E-state index in [1.54, 1.807) is 12.3 Å². The van der Waals surface area contributed by atoms with Crippen LogP contribution in [0, 0.1) is 6.92 Å². The highest BCUT2D eigenvalue weighted by Gasteiger charge is 2.23. The molecule has 0 atom stereocenters. The second-order valence-electron chi connectivity index (χ2n) is 4.87. The molecule has 1 amide bonds. The molecule has 0 saturated heterocycles. The van der Waals surface area contributed by atoms with E-state index in [4.69, 9.17) is 0 Å². The van der Waals surface area contributed by atoms with E-state index in [1.165, 1.54) is 5.56 Å². The van der Waals surface area contributed by atoms with E-state index in [1.807, 2.05) is 36.1 Å². The van der Waals surface area contributed by atoms with Crippen molar-refractivity contribution in [3.05, 3.63) is 59.4 Å². The number of hydrogen-bond donors (Lipinski definition) is 0. The monoisotopic (exact) mass is 252 g/mol. The van der Waals surface area contributed by atoms with Gasteiger partial charge < -0.3 is 4.90 Å². The van der Waals surface area contributed by atoms with Crippen molar-refractivity contribution in [2.75, 3.05) is 11.4 Å². The highest BCUT2D eigenvalue weighted by atomic mass is 16.2. The third-order valence-electron chi connectivity index (χ3n) is 3.50. The minimum Gasteiger partial charge on any atom is -0.308 e. The van der Waals surface area contributed by atoms with E-state index in [0.29, 0.717) is 5.56 Å². The first-order valence-electron chi connectivity index (χ1n) is 6.58. The molecule has 0 N–H and O–H groups in total. The van der Waals surface area contributed by atoms with Crippen LogP contribution in [0.5, 0.6) is 0 Å². The van der Waals surface area contributed by atoms with Gasteiger partial charge >= 0.3 is 0 Å². The molecule has 1 aliphatic rings. The number of benzene rings is 1. The zero-order chi connectivity index (χ0) is 13.2. The van der Waals surface area contributed by atoms with E-state index in [0.717, 1.165) is 30.8 Å². The fourth-order valence-corrected chi connectivity index (χ4v) is 2.58. The average molecular weight is 252 g/mol. The molecular weight excluding hydrogens is 236 g/mol. The van der Waals surface area contributed by atoms with Gasteiger partial charge in [0, 0.05) is 29.7 Å². The number of amides is 1. The maximum absolute atomic E-state index is 12.6. The first-order chi connectivity index (χ1) is 9.25. The van der Waals surface area contributed by atoms with Crippen LogP contribution in [-0.4, -0.2) is 17.4 Å². The molecule has 3 rings (SSSR count). The maximum Gasteiger partial charge on any atom is 0.258 e. The smallest absolute Gasteiger partial charge is 0.258 e. The SMILES string of the molecule is Cc1cc(C(=O)N2CCCc3ccccc32)ccn1. The number of fused-ring (bicyclic) bond motifs is 1. The lowest BCUT2D eigenvalue weighted by Gasteiger charge is -2.29. The molecule has 0 aliphatic carbocycles. The number of para-hydroxylation sites is 1. The molecule has 0 spiro atoms. The predicted octanol–water partition coefficient (Wildman–Crippen LogP) is 2.98. The summed E-state index contributed by atoms with van der Waals surface area (Å²) in [5.41, 5.74) is 3.89. The van der Waals surface area contributed by atoms with Crippen molar-refractivity contribution >= 4 is 11.6 Å². The van der Waals surface area contributed by atoms with Crippen molar-refractivity contribution in [1.82, 2.24) is 4.98 Å². The van der Waals surface area contributed by atoms with Crippen LogP contribution >= 0.6 is 0 Å². The van der Waals surface area contributed by atoms with Gasteiger partial charge in [0.15, 0.2) is 0 Å². The average Bonchev–Trinajstić information content (AvgIpc) is 2.46. The summed E-state index contributed by atoms with van der Waals surface area (Å²) in [6, 6.07) is 11.8. The van der Waals surface area contributed by atoms with Gasteiger partial charge in [-0.1, -0.05) is 18.2 Å². The van der Waals surface area contributed by atoms with Crippen LogP contribution in [0.15, 0.2) is 42.6 Å². The van der Waals surface area contributed by atoms with Crippen molar-refractivity contribution in [1.29, 1.82) is 0 Å². The van der Waals surface area contributed by atoms with Crippen LogP contribution in [0.4, 0.5) is 5.69 Å². The molecule has 2 heterocycles. The van der Waals surface area contributed by atoms with Crippen molar-refractivity contribution < 1.29 is 4.79 Å². The van der Waals surface area contributed by atoms with Crippen molar-refractivity contribution in [2.24, 2.45) is 0 Å². The molecule has 1 aliphatic heterocycles. The number of hydrogen-bond acceptors (Lipinski definition) is 2. The summed E-state index contributed by atoms with van der Waals surface area (Å²) < 4.78 is 0. The Labute approximate surface area is 112 Å². The number of pyridine rings is 1. The van der Waals surface area contributed by atoms with E-state index in [2.05, 4.69) is 11.1 Å². The van der Waals surface area contributed by atoms with Gasteiger partial charge in [0.25, 0.3) is 5.91 Å². The summed E-state index contributed by atoms with van der Waals surface area (Å²) in [6.07, 6.45) is 3.76. The Bertz CT molecular complexity index is 622. The highest BCUT2D eigenvalue weighted by Crippen LogP contribution is 2.27. The number of aromatic nitrogens is 1.